The van der Waals surface area contributed by atoms with E-state index in [0.29, 0.717) is 37.6 Å². The SMILES string of the molecule is O=C(O)CN(CCc1ccc(Cl)cc1Cl)C(=O)CC1C(=O)N(CCc2ccc(Cl)cc2Cl)CC(=O)N1Cc1ccc(F)cc1. The molecule has 1 aliphatic rings. The molecule has 3 aromatic carbocycles. The summed E-state index contributed by atoms with van der Waals surface area (Å²) in [7, 11) is 0. The van der Waals surface area contributed by atoms with Crippen molar-refractivity contribution in [2.75, 3.05) is 26.2 Å². The third-order valence-corrected chi connectivity index (χ3v) is 8.44. The quantitative estimate of drug-likeness (QED) is 0.262. The van der Waals surface area contributed by atoms with Gasteiger partial charge in [0, 0.05) is 39.7 Å². The molecule has 44 heavy (non-hydrogen) atoms. The average Bonchev–Trinajstić information content (AvgIpc) is 2.96. The average molecular weight is 683 g/mol. The number of piperazine rings is 1. The van der Waals surface area contributed by atoms with Crippen LogP contribution in [0.25, 0.3) is 0 Å². The molecule has 0 bridgehead atoms. The first-order valence-corrected chi connectivity index (χ1v) is 15.1. The summed E-state index contributed by atoms with van der Waals surface area (Å²) in [5.74, 6) is -3.21. The zero-order chi connectivity index (χ0) is 32.0. The summed E-state index contributed by atoms with van der Waals surface area (Å²) in [6.45, 7) is -0.745. The fourth-order valence-electron chi connectivity index (χ4n) is 4.93. The maximum Gasteiger partial charge on any atom is 0.323 e. The number of hydrogen-bond acceptors (Lipinski definition) is 4. The number of carboxylic acid groups (broad SMARTS) is 1. The van der Waals surface area contributed by atoms with Crippen molar-refractivity contribution in [3.8, 4) is 0 Å². The third kappa shape index (κ3) is 8.85. The Kier molecular flexibility index (Phi) is 11.5. The number of aliphatic carboxylic acids is 1. The van der Waals surface area contributed by atoms with Gasteiger partial charge in [-0.25, -0.2) is 4.39 Å². The first-order valence-electron chi connectivity index (χ1n) is 13.6. The number of benzene rings is 3. The van der Waals surface area contributed by atoms with Crippen LogP contribution in [-0.4, -0.2) is 75.7 Å². The van der Waals surface area contributed by atoms with Crippen molar-refractivity contribution in [2.45, 2.75) is 31.8 Å². The Bertz CT molecular complexity index is 1560. The van der Waals surface area contributed by atoms with E-state index in [1.54, 1.807) is 36.4 Å². The van der Waals surface area contributed by atoms with Gasteiger partial charge in [0.25, 0.3) is 0 Å². The van der Waals surface area contributed by atoms with E-state index >= 15 is 0 Å². The third-order valence-electron chi connectivity index (χ3n) is 7.26. The molecular weight excluding hydrogens is 655 g/mol. The van der Waals surface area contributed by atoms with Crippen LogP contribution in [0.3, 0.4) is 0 Å². The van der Waals surface area contributed by atoms with E-state index < -0.39 is 48.5 Å². The smallest absolute Gasteiger partial charge is 0.323 e. The molecule has 1 saturated heterocycles. The predicted octanol–water partition coefficient (Wildman–Crippen LogP) is 5.77. The van der Waals surface area contributed by atoms with E-state index in [0.717, 1.165) is 10.5 Å². The van der Waals surface area contributed by atoms with Gasteiger partial charge < -0.3 is 19.8 Å². The van der Waals surface area contributed by atoms with E-state index in [1.807, 2.05) is 0 Å². The van der Waals surface area contributed by atoms with Gasteiger partial charge in [-0.15, -0.1) is 0 Å². The maximum atomic E-state index is 13.8. The zero-order valence-electron chi connectivity index (χ0n) is 23.3. The molecular formula is C31H28Cl4FN3O5. The van der Waals surface area contributed by atoms with Gasteiger partial charge in [0.1, 0.15) is 18.4 Å². The van der Waals surface area contributed by atoms with Gasteiger partial charge in [0.05, 0.1) is 13.0 Å². The van der Waals surface area contributed by atoms with Crippen LogP contribution < -0.4 is 0 Å². The summed E-state index contributed by atoms with van der Waals surface area (Å²) >= 11 is 24.5. The highest BCUT2D eigenvalue weighted by molar-refractivity contribution is 6.35. The molecule has 8 nitrogen and oxygen atoms in total. The summed E-state index contributed by atoms with van der Waals surface area (Å²) in [6.07, 6.45) is 0.117. The fourth-order valence-corrected chi connectivity index (χ4v) is 5.94. The van der Waals surface area contributed by atoms with Gasteiger partial charge in [-0.1, -0.05) is 70.7 Å². The summed E-state index contributed by atoms with van der Waals surface area (Å²) in [5, 5.41) is 11.2. The largest absolute Gasteiger partial charge is 0.480 e. The number of rotatable bonds is 12. The molecule has 0 aliphatic carbocycles. The standard InChI is InChI=1S/C31H28Cl4FN3O5/c32-22-5-3-20(25(34)13-22)9-11-37(18-30(42)43)28(40)15-27-31(44)38(12-10-21-4-6-23(33)14-26(21)35)17-29(41)39(27)16-19-1-7-24(36)8-2-19/h1-8,13-14,27H,9-12,15-18H2,(H,42,43). The summed E-state index contributed by atoms with van der Waals surface area (Å²) in [5.41, 5.74) is 1.95. The van der Waals surface area contributed by atoms with Crippen molar-refractivity contribution in [1.82, 2.24) is 14.7 Å². The van der Waals surface area contributed by atoms with Crippen molar-refractivity contribution < 1.29 is 28.7 Å². The van der Waals surface area contributed by atoms with Crippen LogP contribution in [0.2, 0.25) is 20.1 Å². The number of amides is 3. The van der Waals surface area contributed by atoms with E-state index in [9.17, 15) is 28.7 Å². The molecule has 0 saturated carbocycles. The zero-order valence-corrected chi connectivity index (χ0v) is 26.3. The number of nitrogens with zero attached hydrogens (tertiary/aromatic N) is 3. The van der Waals surface area contributed by atoms with Gasteiger partial charge in [-0.05, 0) is 65.9 Å². The lowest BCUT2D eigenvalue weighted by molar-refractivity contribution is -0.159. The van der Waals surface area contributed by atoms with Gasteiger partial charge >= 0.3 is 5.97 Å². The number of carbonyl (C=O) groups excluding carboxylic acids is 3. The number of hydrogen-bond donors (Lipinski definition) is 1. The van der Waals surface area contributed by atoms with E-state index in [4.69, 9.17) is 46.4 Å². The highest BCUT2D eigenvalue weighted by Gasteiger charge is 2.41. The summed E-state index contributed by atoms with van der Waals surface area (Å²) in [6, 6.07) is 14.1. The Morgan fingerprint density at radius 2 is 1.48 bits per heavy atom. The molecule has 1 heterocycles. The highest BCUT2D eigenvalue weighted by Crippen LogP contribution is 2.25. The monoisotopic (exact) mass is 681 g/mol. The van der Waals surface area contributed by atoms with Crippen molar-refractivity contribution in [2.24, 2.45) is 0 Å². The van der Waals surface area contributed by atoms with E-state index in [2.05, 4.69) is 0 Å². The predicted molar refractivity (Wildman–Crippen MR) is 166 cm³/mol. The van der Waals surface area contributed by atoms with Crippen LogP contribution in [0.5, 0.6) is 0 Å². The summed E-state index contributed by atoms with van der Waals surface area (Å²) < 4.78 is 13.5. The maximum absolute atomic E-state index is 13.8. The highest BCUT2D eigenvalue weighted by atomic mass is 35.5. The van der Waals surface area contributed by atoms with E-state index in [1.165, 1.54) is 34.1 Å². The van der Waals surface area contributed by atoms with Crippen LogP contribution in [0, 0.1) is 5.82 Å². The van der Waals surface area contributed by atoms with Gasteiger partial charge in [0.15, 0.2) is 0 Å². The molecule has 4 rings (SSSR count). The Morgan fingerprint density at radius 1 is 0.886 bits per heavy atom. The Labute approximate surface area is 273 Å². The second-order valence-electron chi connectivity index (χ2n) is 10.3. The Balaban J connectivity index is 1.56. The fraction of sp³-hybridized carbons (Fsp3) is 0.290. The van der Waals surface area contributed by atoms with Crippen LogP contribution in [0.15, 0.2) is 60.7 Å². The van der Waals surface area contributed by atoms with Crippen LogP contribution >= 0.6 is 46.4 Å². The molecule has 1 fully saturated rings. The second-order valence-corrected chi connectivity index (χ2v) is 12.0. The minimum Gasteiger partial charge on any atom is -0.480 e. The van der Waals surface area contributed by atoms with Crippen molar-refractivity contribution in [3.63, 3.8) is 0 Å². The minimum atomic E-state index is -1.24. The van der Waals surface area contributed by atoms with Crippen molar-refractivity contribution >= 4 is 70.1 Å². The van der Waals surface area contributed by atoms with E-state index in [-0.39, 0.29) is 32.6 Å². The molecule has 3 amide bonds. The molecule has 0 aromatic heterocycles. The molecule has 1 unspecified atom stereocenters. The number of carboxylic acids is 1. The van der Waals surface area contributed by atoms with Crippen LogP contribution in [0.4, 0.5) is 4.39 Å². The molecule has 1 aliphatic heterocycles. The first-order chi connectivity index (χ1) is 20.9. The Hall–Kier alpha value is -3.37. The molecule has 0 radical (unpaired) electrons. The molecule has 3 aromatic rings. The van der Waals surface area contributed by atoms with Crippen LogP contribution in [0.1, 0.15) is 23.1 Å². The van der Waals surface area contributed by atoms with Crippen molar-refractivity contribution in [1.29, 1.82) is 0 Å². The first kappa shape index (κ1) is 33.5. The minimum absolute atomic E-state index is 0.00190. The van der Waals surface area contributed by atoms with Gasteiger partial charge in [-0.2, -0.15) is 0 Å². The number of carbonyl (C=O) groups is 4. The normalized spacial score (nSPS) is 15.1. The van der Waals surface area contributed by atoms with Gasteiger partial charge in [0.2, 0.25) is 17.7 Å². The molecule has 232 valence electrons. The molecule has 1 N–H and O–H groups in total. The molecule has 13 heteroatoms. The van der Waals surface area contributed by atoms with Gasteiger partial charge in [-0.3, -0.25) is 19.2 Å². The lowest BCUT2D eigenvalue weighted by Crippen LogP contribution is -2.61. The number of halogens is 5. The molecule has 0 spiro atoms. The topological polar surface area (TPSA) is 98.2 Å². The lowest BCUT2D eigenvalue weighted by atomic mass is 10.0. The molecule has 1 atom stereocenters. The second kappa shape index (κ2) is 15.1. The lowest BCUT2D eigenvalue weighted by Gasteiger charge is -2.40. The van der Waals surface area contributed by atoms with Crippen LogP contribution in [-0.2, 0) is 38.6 Å². The Morgan fingerprint density at radius 3 is 2.05 bits per heavy atom. The summed E-state index contributed by atoms with van der Waals surface area (Å²) in [4.78, 5) is 56.3. The van der Waals surface area contributed by atoms with Crippen molar-refractivity contribution in [3.05, 3.63) is 103 Å².